The van der Waals surface area contributed by atoms with Crippen molar-refractivity contribution in [3.05, 3.63) is 83.2 Å². The van der Waals surface area contributed by atoms with Crippen molar-refractivity contribution < 1.29 is 4.12 Å². The molecule has 3 heteroatoms. The van der Waals surface area contributed by atoms with E-state index in [1.807, 2.05) is 0 Å². The van der Waals surface area contributed by atoms with Crippen molar-refractivity contribution in [3.63, 3.8) is 0 Å². The van der Waals surface area contributed by atoms with E-state index in [9.17, 15) is 0 Å². The zero-order valence-electron chi connectivity index (χ0n) is 15.3. The topological polar surface area (TPSA) is 9.23 Å². The third kappa shape index (κ3) is 2.71. The summed E-state index contributed by atoms with van der Waals surface area (Å²) in [6, 6.07) is 13.8. The van der Waals surface area contributed by atoms with E-state index in [2.05, 4.69) is 74.0 Å². The maximum Gasteiger partial charge on any atom is 0.234 e. The predicted octanol–water partition coefficient (Wildman–Crippen LogP) is 3.62. The monoisotopic (exact) mass is 362 g/mol. The molecule has 128 valence electrons. The quantitative estimate of drug-likeness (QED) is 0.713. The molecule has 0 aliphatic heterocycles. The lowest BCUT2D eigenvalue weighted by atomic mass is 9.89. The Labute approximate surface area is 153 Å². The first-order chi connectivity index (χ1) is 12.0. The summed E-state index contributed by atoms with van der Waals surface area (Å²) in [5.74, 6) is 0. The molecule has 0 aromatic heterocycles. The fourth-order valence-electron chi connectivity index (χ4n) is 3.89. The fraction of sp³-hybridized carbons (Fsp3) is 0.273. The minimum absolute atomic E-state index is 1.20. The third-order valence-electron chi connectivity index (χ3n) is 6.09. The highest BCUT2D eigenvalue weighted by molar-refractivity contribution is 7.01. The molecule has 2 atom stereocenters. The van der Waals surface area contributed by atoms with Gasteiger partial charge in [-0.15, -0.1) is 13.2 Å². The number of fused-ring (bicyclic) bond motifs is 2. The highest BCUT2D eigenvalue weighted by atomic mass is 28.4. The molecule has 0 bridgehead atoms. The van der Waals surface area contributed by atoms with Crippen molar-refractivity contribution in [2.45, 2.75) is 38.8 Å². The summed E-state index contributed by atoms with van der Waals surface area (Å²) in [6.45, 7) is 12.9. The maximum absolute atomic E-state index is 6.98. The fourth-order valence-corrected chi connectivity index (χ4v) is 11.2. The van der Waals surface area contributed by atoms with Gasteiger partial charge in [0.15, 0.2) is 0 Å². The molecule has 0 N–H and O–H groups in total. The van der Waals surface area contributed by atoms with Gasteiger partial charge in [0.1, 0.15) is 0 Å². The summed E-state index contributed by atoms with van der Waals surface area (Å²) < 4.78 is 6.98. The van der Waals surface area contributed by atoms with Crippen LogP contribution in [0.4, 0.5) is 0 Å². The van der Waals surface area contributed by atoms with Gasteiger partial charge in [0.2, 0.25) is 16.6 Å². The normalized spacial score (nSPS) is 19.3. The van der Waals surface area contributed by atoms with E-state index in [-0.39, 0.29) is 0 Å². The first-order valence-electron chi connectivity index (χ1n) is 9.19. The number of aryl methyl sites for hydroxylation is 4. The van der Waals surface area contributed by atoms with E-state index in [1.165, 1.54) is 58.3 Å². The van der Waals surface area contributed by atoms with Crippen LogP contribution in [0.3, 0.4) is 0 Å². The van der Waals surface area contributed by atoms with Crippen LogP contribution in [0.5, 0.6) is 0 Å². The Morgan fingerprint density at radius 3 is 1.40 bits per heavy atom. The number of benzene rings is 2. The van der Waals surface area contributed by atoms with Gasteiger partial charge >= 0.3 is 0 Å². The Kier molecular flexibility index (Phi) is 3.98. The van der Waals surface area contributed by atoms with Gasteiger partial charge in [-0.1, -0.05) is 47.8 Å². The van der Waals surface area contributed by atoms with Gasteiger partial charge in [0, 0.05) is 0 Å². The largest absolute Gasteiger partial charge is 0.443 e. The lowest BCUT2D eigenvalue weighted by Crippen LogP contribution is -2.59. The minimum atomic E-state index is -2.22. The molecule has 2 aliphatic rings. The molecular weight excluding hydrogens is 336 g/mol. The second-order valence-corrected chi connectivity index (χ2v) is 14.9. The second-order valence-electron chi connectivity index (χ2n) is 7.69. The van der Waals surface area contributed by atoms with Gasteiger partial charge in [0.05, 0.1) is 0 Å². The van der Waals surface area contributed by atoms with E-state index in [1.54, 1.807) is 0 Å². The van der Waals surface area contributed by atoms with Crippen LogP contribution in [-0.2, 0) is 29.8 Å². The molecule has 1 nitrogen and oxygen atoms in total. The Morgan fingerprint density at radius 1 is 0.720 bits per heavy atom. The number of hydrogen-bond acceptors (Lipinski definition) is 1. The molecule has 2 unspecified atom stereocenters. The molecule has 25 heavy (non-hydrogen) atoms. The van der Waals surface area contributed by atoms with Crippen molar-refractivity contribution in [2.75, 3.05) is 0 Å². The molecule has 0 saturated carbocycles. The molecule has 0 heterocycles. The van der Waals surface area contributed by atoms with E-state index >= 15 is 0 Å². The molecule has 2 aromatic carbocycles. The molecule has 2 aliphatic carbocycles. The van der Waals surface area contributed by atoms with E-state index in [0.29, 0.717) is 0 Å². The second kappa shape index (κ2) is 5.94. The number of hydrogen-bond donors (Lipinski definition) is 0. The van der Waals surface area contributed by atoms with Gasteiger partial charge in [-0.3, -0.25) is 0 Å². The van der Waals surface area contributed by atoms with Crippen LogP contribution in [0.15, 0.2) is 61.0 Å². The van der Waals surface area contributed by atoms with E-state index < -0.39 is 16.6 Å². The first-order valence-corrected chi connectivity index (χ1v) is 14.2. The Hall–Kier alpha value is -1.69. The van der Waals surface area contributed by atoms with Crippen LogP contribution in [0.25, 0.3) is 0 Å². The van der Waals surface area contributed by atoms with E-state index in [0.717, 1.165) is 0 Å². The molecule has 0 amide bonds. The van der Waals surface area contributed by atoms with Crippen LogP contribution >= 0.6 is 0 Å². The average molecular weight is 363 g/mol. The minimum Gasteiger partial charge on any atom is -0.443 e. The lowest BCUT2D eigenvalue weighted by Gasteiger charge is -2.37. The summed E-state index contributed by atoms with van der Waals surface area (Å²) in [4.78, 5) is 0. The van der Waals surface area contributed by atoms with Crippen LogP contribution < -0.4 is 10.4 Å². The average Bonchev–Trinajstić information content (AvgIpc) is 2.56. The summed E-state index contributed by atoms with van der Waals surface area (Å²) in [5.41, 5.74) is 10.1. The Bertz CT molecular complexity index is 801. The van der Waals surface area contributed by atoms with Crippen molar-refractivity contribution in [1.29, 1.82) is 0 Å². The van der Waals surface area contributed by atoms with Crippen molar-refractivity contribution in [2.24, 2.45) is 0 Å². The zero-order valence-corrected chi connectivity index (χ0v) is 17.3. The molecule has 0 saturated heterocycles. The van der Waals surface area contributed by atoms with Crippen LogP contribution in [-0.4, -0.2) is 16.6 Å². The van der Waals surface area contributed by atoms with Gasteiger partial charge < -0.3 is 4.12 Å². The third-order valence-corrected chi connectivity index (χ3v) is 14.0. The Balaban J connectivity index is 1.70. The molecule has 4 rings (SSSR count). The number of rotatable bonds is 6. The standard InChI is InChI=1S/C22H26OSi2/c1-5-24(3,21-13-11-17-7-9-19(17)15-21)23-25(4,6-2)22-14-12-18-8-10-20(18)16-22/h5-6,11-16H,1-2,7-10H2,3-4H3. The van der Waals surface area contributed by atoms with Gasteiger partial charge in [0.25, 0.3) is 0 Å². The van der Waals surface area contributed by atoms with Crippen molar-refractivity contribution >= 4 is 27.0 Å². The van der Waals surface area contributed by atoms with Crippen LogP contribution in [0.1, 0.15) is 22.3 Å². The predicted molar refractivity (Wildman–Crippen MR) is 112 cm³/mol. The SMILES string of the molecule is C=C[Si](C)(O[Si](C)(C=C)c1ccc2c(c1)CC2)c1ccc2c(c1)CC2. The highest BCUT2D eigenvalue weighted by Crippen LogP contribution is 2.26. The van der Waals surface area contributed by atoms with Crippen molar-refractivity contribution in [1.82, 2.24) is 0 Å². The summed E-state index contributed by atoms with van der Waals surface area (Å²) >= 11 is 0. The molecule has 0 spiro atoms. The van der Waals surface area contributed by atoms with Crippen LogP contribution in [0.2, 0.25) is 13.1 Å². The summed E-state index contributed by atoms with van der Waals surface area (Å²) in [5, 5.41) is 2.68. The molecule has 2 aromatic rings. The van der Waals surface area contributed by atoms with E-state index in [4.69, 9.17) is 4.12 Å². The highest BCUT2D eigenvalue weighted by Gasteiger charge is 2.40. The summed E-state index contributed by atoms with van der Waals surface area (Å²) in [6.07, 6.45) is 4.84. The van der Waals surface area contributed by atoms with Gasteiger partial charge in [-0.2, -0.15) is 0 Å². The molecule has 0 fully saturated rings. The van der Waals surface area contributed by atoms with Crippen LogP contribution in [0, 0.1) is 0 Å². The Morgan fingerprint density at radius 2 is 1.12 bits per heavy atom. The smallest absolute Gasteiger partial charge is 0.234 e. The van der Waals surface area contributed by atoms with Gasteiger partial charge in [-0.05, 0) is 71.4 Å². The molecule has 0 radical (unpaired) electrons. The molecular formula is C22H26OSi2. The van der Waals surface area contributed by atoms with Gasteiger partial charge in [-0.25, -0.2) is 0 Å². The lowest BCUT2D eigenvalue weighted by molar-refractivity contribution is 0.584. The maximum atomic E-state index is 6.98. The van der Waals surface area contributed by atoms with Crippen molar-refractivity contribution in [3.8, 4) is 0 Å². The summed E-state index contributed by atoms with van der Waals surface area (Å²) in [7, 11) is -4.44. The zero-order chi connectivity index (χ0) is 17.7. The first kappa shape index (κ1) is 16.8.